The van der Waals surface area contributed by atoms with Gasteiger partial charge in [0.15, 0.2) is 0 Å². The van der Waals surface area contributed by atoms with Crippen LogP contribution in [0.25, 0.3) is 33.7 Å². The molecule has 0 aliphatic carbocycles. The molecule has 0 N–H and O–H groups in total. The number of hydrogen-bond donors (Lipinski definition) is 0. The molecular weight excluding hydrogens is 538 g/mol. The van der Waals surface area contributed by atoms with Crippen molar-refractivity contribution in [2.45, 2.75) is 26.1 Å². The van der Waals surface area contributed by atoms with Crippen molar-refractivity contribution in [2.75, 3.05) is 6.61 Å². The van der Waals surface area contributed by atoms with Crippen LogP contribution in [-0.2, 0) is 22.3 Å². The van der Waals surface area contributed by atoms with E-state index in [0.717, 1.165) is 17.0 Å². The summed E-state index contributed by atoms with van der Waals surface area (Å²) < 4.78 is 51.2. The van der Waals surface area contributed by atoms with Crippen molar-refractivity contribution in [3.05, 3.63) is 57.8 Å². The summed E-state index contributed by atoms with van der Waals surface area (Å²) in [5, 5.41) is 4.91. The van der Waals surface area contributed by atoms with Crippen molar-refractivity contribution in [1.29, 1.82) is 0 Å². The van der Waals surface area contributed by atoms with Gasteiger partial charge in [-0.3, -0.25) is 4.79 Å². The van der Waals surface area contributed by atoms with Crippen LogP contribution >= 0.6 is 22.6 Å². The van der Waals surface area contributed by atoms with E-state index in [9.17, 15) is 18.0 Å². The van der Waals surface area contributed by atoms with Crippen LogP contribution in [0, 0.1) is 3.57 Å². The molecule has 166 valence electrons. The molecule has 0 aliphatic heterocycles. The molecule has 0 saturated carbocycles. The van der Waals surface area contributed by atoms with Crippen LogP contribution in [0.4, 0.5) is 13.2 Å². The molecule has 0 amide bonds. The molecule has 0 fully saturated rings. The van der Waals surface area contributed by atoms with Gasteiger partial charge < -0.3 is 13.8 Å². The van der Waals surface area contributed by atoms with E-state index >= 15 is 0 Å². The summed E-state index contributed by atoms with van der Waals surface area (Å²) in [4.78, 5) is 15.9. The van der Waals surface area contributed by atoms with Crippen molar-refractivity contribution in [2.24, 2.45) is 0 Å². The molecule has 32 heavy (non-hydrogen) atoms. The van der Waals surface area contributed by atoms with Gasteiger partial charge in [-0.25, -0.2) is 0 Å². The Morgan fingerprint density at radius 2 is 1.94 bits per heavy atom. The highest BCUT2D eigenvalue weighted by molar-refractivity contribution is 14.1. The van der Waals surface area contributed by atoms with E-state index in [1.54, 1.807) is 29.5 Å². The molecule has 2 heterocycles. The van der Waals surface area contributed by atoms with Gasteiger partial charge >= 0.3 is 12.1 Å². The van der Waals surface area contributed by atoms with Gasteiger partial charge in [0.1, 0.15) is 0 Å². The minimum absolute atomic E-state index is 0.0536. The van der Waals surface area contributed by atoms with Gasteiger partial charge in [-0.1, -0.05) is 5.16 Å². The van der Waals surface area contributed by atoms with Crippen LogP contribution in [0.3, 0.4) is 0 Å². The van der Waals surface area contributed by atoms with Crippen molar-refractivity contribution >= 4 is 39.5 Å². The van der Waals surface area contributed by atoms with E-state index in [2.05, 4.69) is 10.1 Å². The molecule has 0 aliphatic rings. The number of fused-ring (bicyclic) bond motifs is 1. The maximum atomic E-state index is 13.0. The third-order valence-electron chi connectivity index (χ3n) is 4.84. The van der Waals surface area contributed by atoms with E-state index < -0.39 is 11.7 Å². The highest BCUT2D eigenvalue weighted by Crippen LogP contribution is 2.35. The second-order valence-corrected chi connectivity index (χ2v) is 8.12. The third-order valence-corrected chi connectivity index (χ3v) is 5.73. The van der Waals surface area contributed by atoms with E-state index in [0.29, 0.717) is 30.1 Å². The largest absolute Gasteiger partial charge is 0.466 e. The number of ether oxygens (including phenoxy) is 1. The van der Waals surface area contributed by atoms with Crippen LogP contribution in [0.5, 0.6) is 0 Å². The lowest BCUT2D eigenvalue weighted by molar-refractivity contribution is -0.143. The minimum Gasteiger partial charge on any atom is -0.466 e. The predicted molar refractivity (Wildman–Crippen MR) is 120 cm³/mol. The lowest BCUT2D eigenvalue weighted by Crippen LogP contribution is -2.08. The molecular formula is C22H17F3IN3O3. The van der Waals surface area contributed by atoms with Gasteiger partial charge in [-0.05, 0) is 72.0 Å². The Kier molecular flexibility index (Phi) is 6.22. The van der Waals surface area contributed by atoms with Gasteiger partial charge in [-0.2, -0.15) is 18.2 Å². The van der Waals surface area contributed by atoms with E-state index in [4.69, 9.17) is 9.26 Å². The number of carbonyl (C=O) groups excluding carboxylic acids is 1. The predicted octanol–water partition coefficient (Wildman–Crippen LogP) is 5.93. The average Bonchev–Trinajstić information content (AvgIpc) is 3.38. The van der Waals surface area contributed by atoms with Gasteiger partial charge in [0.2, 0.25) is 5.82 Å². The Hall–Kier alpha value is -2.89. The number of rotatable bonds is 6. The van der Waals surface area contributed by atoms with Crippen LogP contribution < -0.4 is 0 Å². The zero-order valence-corrected chi connectivity index (χ0v) is 19.0. The first-order valence-corrected chi connectivity index (χ1v) is 10.8. The number of benzene rings is 2. The van der Waals surface area contributed by atoms with Crippen LogP contribution in [0.15, 0.2) is 53.2 Å². The zero-order chi connectivity index (χ0) is 22.9. The second kappa shape index (κ2) is 8.93. The fraction of sp³-hybridized carbons (Fsp3) is 0.227. The van der Waals surface area contributed by atoms with Crippen molar-refractivity contribution < 1.29 is 27.2 Å². The minimum atomic E-state index is -4.42. The lowest BCUT2D eigenvalue weighted by atomic mass is 10.1. The quantitative estimate of drug-likeness (QED) is 0.218. The maximum Gasteiger partial charge on any atom is 0.417 e. The van der Waals surface area contributed by atoms with Crippen molar-refractivity contribution in [1.82, 2.24) is 14.7 Å². The molecule has 0 atom stereocenters. The van der Waals surface area contributed by atoms with Crippen molar-refractivity contribution in [3.63, 3.8) is 0 Å². The number of carbonyl (C=O) groups is 1. The van der Waals surface area contributed by atoms with Crippen LogP contribution in [0.2, 0.25) is 0 Å². The Bertz CT molecular complexity index is 1280. The Balaban J connectivity index is 1.56. The van der Waals surface area contributed by atoms with Gasteiger partial charge in [-0.15, -0.1) is 0 Å². The zero-order valence-electron chi connectivity index (χ0n) is 16.8. The Labute approximate surface area is 194 Å². The summed E-state index contributed by atoms with van der Waals surface area (Å²) >= 11 is 1.64. The molecule has 2 aromatic carbocycles. The first-order valence-electron chi connectivity index (χ1n) is 9.72. The summed E-state index contributed by atoms with van der Waals surface area (Å²) in [6, 6.07) is 11.2. The molecule has 0 spiro atoms. The smallest absolute Gasteiger partial charge is 0.417 e. The second-order valence-electron chi connectivity index (χ2n) is 6.95. The molecule has 4 rings (SSSR count). The molecule has 0 unspecified atom stereocenters. The van der Waals surface area contributed by atoms with Crippen LogP contribution in [0.1, 0.15) is 18.9 Å². The SMILES string of the molecule is CCOC(=O)CCn1ccc2cc(-c3noc(-c4ccc(C(F)(F)F)c(I)c4)n3)ccc21. The average molecular weight is 555 g/mol. The Morgan fingerprint density at radius 1 is 1.16 bits per heavy atom. The number of halogens is 4. The highest BCUT2D eigenvalue weighted by Gasteiger charge is 2.33. The number of hydrogen-bond acceptors (Lipinski definition) is 5. The lowest BCUT2D eigenvalue weighted by Gasteiger charge is -2.09. The van der Waals surface area contributed by atoms with E-state index in [1.165, 1.54) is 12.1 Å². The first kappa shape index (κ1) is 22.3. The van der Waals surface area contributed by atoms with Crippen LogP contribution in [-0.4, -0.2) is 27.3 Å². The number of nitrogens with zero attached hydrogens (tertiary/aromatic N) is 3. The summed E-state index contributed by atoms with van der Waals surface area (Å²) in [5.74, 6) is 0.220. The standard InChI is InChI=1S/C22H17F3IN3O3/c1-2-31-19(30)8-10-29-9-7-13-11-14(4-6-18(13)29)20-27-21(32-28-20)15-3-5-16(17(26)12-15)22(23,24)25/h3-7,9,11-12H,2,8,10H2,1H3. The van der Waals surface area contributed by atoms with E-state index in [-0.39, 0.29) is 21.9 Å². The molecule has 10 heteroatoms. The van der Waals surface area contributed by atoms with Gasteiger partial charge in [0, 0.05) is 38.3 Å². The molecule has 2 aromatic heterocycles. The summed E-state index contributed by atoms with van der Waals surface area (Å²) in [5.41, 5.74) is 1.35. The van der Waals surface area contributed by atoms with E-state index in [1.807, 2.05) is 35.0 Å². The number of alkyl halides is 3. The molecule has 0 radical (unpaired) electrons. The van der Waals surface area contributed by atoms with Crippen molar-refractivity contribution in [3.8, 4) is 22.8 Å². The summed E-state index contributed by atoms with van der Waals surface area (Å²) in [6.45, 7) is 2.62. The third kappa shape index (κ3) is 4.64. The monoisotopic (exact) mass is 555 g/mol. The van der Waals surface area contributed by atoms with Gasteiger partial charge in [0.25, 0.3) is 5.89 Å². The molecule has 4 aromatic rings. The summed E-state index contributed by atoms with van der Waals surface area (Å²) in [6.07, 6.45) is -2.25. The molecule has 6 nitrogen and oxygen atoms in total. The normalized spacial score (nSPS) is 11.8. The van der Waals surface area contributed by atoms with Gasteiger partial charge in [0.05, 0.1) is 18.6 Å². The topological polar surface area (TPSA) is 70.2 Å². The summed E-state index contributed by atoms with van der Waals surface area (Å²) in [7, 11) is 0. The maximum absolute atomic E-state index is 13.0. The fourth-order valence-electron chi connectivity index (χ4n) is 3.32. The number of aromatic nitrogens is 3. The highest BCUT2D eigenvalue weighted by atomic mass is 127. The number of aryl methyl sites for hydroxylation is 1. The number of esters is 1. The molecule has 0 bridgehead atoms. The Morgan fingerprint density at radius 3 is 2.66 bits per heavy atom. The molecule has 0 saturated heterocycles. The fourth-order valence-corrected chi connectivity index (χ4v) is 4.14. The first-order chi connectivity index (χ1) is 15.3.